The van der Waals surface area contributed by atoms with E-state index in [9.17, 15) is 18.7 Å². The Labute approximate surface area is 168 Å². The Kier molecular flexibility index (Phi) is 8.74. The van der Waals surface area contributed by atoms with Gasteiger partial charge < -0.3 is 20.8 Å². The van der Waals surface area contributed by atoms with Gasteiger partial charge in [-0.15, -0.1) is 0 Å². The molecule has 0 saturated carbocycles. The molecule has 0 saturated heterocycles. The van der Waals surface area contributed by atoms with Crippen molar-refractivity contribution in [3.63, 3.8) is 0 Å². The van der Waals surface area contributed by atoms with Crippen molar-refractivity contribution in [2.45, 2.75) is 32.0 Å². The first-order chi connectivity index (χ1) is 13.9. The number of aliphatic hydroxyl groups excluding tert-OH is 2. The van der Waals surface area contributed by atoms with E-state index in [0.29, 0.717) is 12.1 Å². The molecule has 0 aromatic heterocycles. The van der Waals surface area contributed by atoms with Gasteiger partial charge in [-0.2, -0.15) is 0 Å². The zero-order chi connectivity index (χ0) is 21.2. The van der Waals surface area contributed by atoms with Gasteiger partial charge in [0.1, 0.15) is 18.2 Å². The molecule has 0 spiro atoms. The maximum absolute atomic E-state index is 13.4. The summed E-state index contributed by atoms with van der Waals surface area (Å²) in [6.45, 7) is 1.72. The largest absolute Gasteiger partial charge is 0.390 e. The van der Waals surface area contributed by atoms with Gasteiger partial charge in [-0.3, -0.25) is 4.79 Å². The number of benzene rings is 2. The zero-order valence-corrected chi connectivity index (χ0v) is 16.1. The predicted molar refractivity (Wildman–Crippen MR) is 106 cm³/mol. The van der Waals surface area contributed by atoms with Crippen molar-refractivity contribution in [2.75, 3.05) is 13.2 Å². The van der Waals surface area contributed by atoms with Crippen LogP contribution in [0.15, 0.2) is 42.5 Å². The molecule has 0 heterocycles. The second kappa shape index (κ2) is 11.3. The summed E-state index contributed by atoms with van der Waals surface area (Å²) in [4.78, 5) is 11.5. The summed E-state index contributed by atoms with van der Waals surface area (Å²) in [5.74, 6) is 3.64. The van der Waals surface area contributed by atoms with Crippen LogP contribution in [0.25, 0.3) is 0 Å². The van der Waals surface area contributed by atoms with Crippen LogP contribution in [-0.4, -0.2) is 41.4 Å². The van der Waals surface area contributed by atoms with Crippen molar-refractivity contribution in [2.24, 2.45) is 0 Å². The van der Waals surface area contributed by atoms with Gasteiger partial charge in [0.05, 0.1) is 12.1 Å². The Morgan fingerprint density at radius 3 is 2.52 bits per heavy atom. The molecule has 2 rings (SSSR count). The molecule has 7 heteroatoms. The third kappa shape index (κ3) is 8.00. The molecule has 2 atom stereocenters. The Morgan fingerprint density at radius 2 is 1.86 bits per heavy atom. The van der Waals surface area contributed by atoms with Crippen LogP contribution in [0.2, 0.25) is 0 Å². The SMILES string of the molecule is CC(=O)N[C@@H](Cc1cc(F)cc(F)c1)[C@H](O)CNCc1cccc(C#CCO)c1. The van der Waals surface area contributed by atoms with Gasteiger partial charge in [0, 0.05) is 31.6 Å². The van der Waals surface area contributed by atoms with E-state index in [-0.39, 0.29) is 25.5 Å². The molecule has 0 aliphatic carbocycles. The van der Waals surface area contributed by atoms with Crippen LogP contribution in [0.5, 0.6) is 0 Å². The van der Waals surface area contributed by atoms with E-state index in [2.05, 4.69) is 22.5 Å². The van der Waals surface area contributed by atoms with E-state index >= 15 is 0 Å². The van der Waals surface area contributed by atoms with Crippen LogP contribution in [0.4, 0.5) is 8.78 Å². The highest BCUT2D eigenvalue weighted by Crippen LogP contribution is 2.12. The highest BCUT2D eigenvalue weighted by Gasteiger charge is 2.21. The van der Waals surface area contributed by atoms with E-state index < -0.39 is 23.8 Å². The lowest BCUT2D eigenvalue weighted by atomic mass is 10.0. The summed E-state index contributed by atoms with van der Waals surface area (Å²) in [7, 11) is 0. The fourth-order valence-electron chi connectivity index (χ4n) is 2.93. The number of hydrogen-bond acceptors (Lipinski definition) is 4. The molecule has 5 nitrogen and oxygen atoms in total. The molecule has 4 N–H and O–H groups in total. The predicted octanol–water partition coefficient (Wildman–Crippen LogP) is 1.51. The molecule has 0 aliphatic rings. The molecule has 0 fully saturated rings. The highest BCUT2D eigenvalue weighted by atomic mass is 19.1. The Hall–Kier alpha value is -2.79. The van der Waals surface area contributed by atoms with Crippen LogP contribution in [-0.2, 0) is 17.8 Å². The van der Waals surface area contributed by atoms with Crippen LogP contribution in [0, 0.1) is 23.5 Å². The quantitative estimate of drug-likeness (QED) is 0.505. The Bertz CT molecular complexity index is 873. The first-order valence-electron chi connectivity index (χ1n) is 9.17. The van der Waals surface area contributed by atoms with Gasteiger partial charge in [0.25, 0.3) is 0 Å². The van der Waals surface area contributed by atoms with Crippen molar-refractivity contribution in [3.05, 3.63) is 70.8 Å². The van der Waals surface area contributed by atoms with Gasteiger partial charge in [-0.1, -0.05) is 24.0 Å². The normalized spacial score (nSPS) is 12.6. The van der Waals surface area contributed by atoms with E-state index in [1.807, 2.05) is 24.3 Å². The maximum Gasteiger partial charge on any atom is 0.217 e. The minimum atomic E-state index is -0.970. The molecule has 2 aromatic carbocycles. The number of nitrogens with one attached hydrogen (secondary N) is 2. The molecular formula is C22H24F2N2O3. The topological polar surface area (TPSA) is 81.6 Å². The van der Waals surface area contributed by atoms with Crippen LogP contribution in [0.1, 0.15) is 23.6 Å². The average molecular weight is 402 g/mol. The summed E-state index contributed by atoms with van der Waals surface area (Å²) in [5.41, 5.74) is 2.05. The molecular weight excluding hydrogens is 378 g/mol. The summed E-state index contributed by atoms with van der Waals surface area (Å²) in [6, 6.07) is 9.84. The molecule has 154 valence electrons. The number of carbonyl (C=O) groups excluding carboxylic acids is 1. The summed E-state index contributed by atoms with van der Waals surface area (Å²) in [5, 5.41) is 25.0. The number of carbonyl (C=O) groups is 1. The number of hydrogen-bond donors (Lipinski definition) is 4. The van der Waals surface area contributed by atoms with Gasteiger partial charge in [-0.25, -0.2) is 8.78 Å². The lowest BCUT2D eigenvalue weighted by Gasteiger charge is -2.24. The molecule has 0 bridgehead atoms. The summed E-state index contributed by atoms with van der Waals surface area (Å²) < 4.78 is 26.8. The molecule has 0 unspecified atom stereocenters. The third-order valence-electron chi connectivity index (χ3n) is 4.15. The van der Waals surface area contributed by atoms with Crippen LogP contribution >= 0.6 is 0 Å². The molecule has 29 heavy (non-hydrogen) atoms. The van der Waals surface area contributed by atoms with Crippen LogP contribution < -0.4 is 10.6 Å². The molecule has 2 aromatic rings. The van der Waals surface area contributed by atoms with E-state index in [0.717, 1.165) is 17.2 Å². The fourth-order valence-corrected chi connectivity index (χ4v) is 2.93. The van der Waals surface area contributed by atoms with Gasteiger partial charge in [-0.05, 0) is 41.8 Å². The third-order valence-corrected chi connectivity index (χ3v) is 4.15. The van der Waals surface area contributed by atoms with Crippen molar-refractivity contribution in [1.29, 1.82) is 0 Å². The highest BCUT2D eigenvalue weighted by molar-refractivity contribution is 5.73. The average Bonchev–Trinajstić information content (AvgIpc) is 2.65. The van der Waals surface area contributed by atoms with Crippen molar-refractivity contribution >= 4 is 5.91 Å². The van der Waals surface area contributed by atoms with Gasteiger partial charge in [0.2, 0.25) is 5.91 Å². The smallest absolute Gasteiger partial charge is 0.217 e. The Balaban J connectivity index is 1.97. The number of rotatable bonds is 8. The Morgan fingerprint density at radius 1 is 1.14 bits per heavy atom. The summed E-state index contributed by atoms with van der Waals surface area (Å²) in [6.07, 6.45) is -0.883. The minimum Gasteiger partial charge on any atom is -0.390 e. The first kappa shape index (κ1) is 22.5. The van der Waals surface area contributed by atoms with E-state index in [1.165, 1.54) is 19.1 Å². The van der Waals surface area contributed by atoms with E-state index in [1.54, 1.807) is 0 Å². The summed E-state index contributed by atoms with van der Waals surface area (Å²) >= 11 is 0. The first-order valence-corrected chi connectivity index (χ1v) is 9.17. The van der Waals surface area contributed by atoms with Crippen LogP contribution in [0.3, 0.4) is 0 Å². The molecule has 1 amide bonds. The minimum absolute atomic E-state index is 0.0866. The van der Waals surface area contributed by atoms with Crippen molar-refractivity contribution < 1.29 is 23.8 Å². The standard InChI is InChI=1S/C22H24F2N2O3/c1-15(28)26-21(11-18-9-19(23)12-20(24)10-18)22(29)14-25-13-17-5-2-4-16(8-17)6-3-7-27/h2,4-5,8-10,12,21-22,25,27,29H,7,11,13-14H2,1H3,(H,26,28)/t21-,22+/m0/s1. The van der Waals surface area contributed by atoms with Crippen molar-refractivity contribution in [3.8, 4) is 11.8 Å². The maximum atomic E-state index is 13.4. The number of aliphatic hydroxyl groups is 2. The second-order valence-electron chi connectivity index (χ2n) is 6.65. The second-order valence-corrected chi connectivity index (χ2v) is 6.65. The fraction of sp³-hybridized carbons (Fsp3) is 0.318. The zero-order valence-electron chi connectivity index (χ0n) is 16.1. The lowest BCUT2D eigenvalue weighted by Crippen LogP contribution is -2.48. The van der Waals surface area contributed by atoms with E-state index in [4.69, 9.17) is 5.11 Å². The van der Waals surface area contributed by atoms with Crippen molar-refractivity contribution in [1.82, 2.24) is 10.6 Å². The monoisotopic (exact) mass is 402 g/mol. The van der Waals surface area contributed by atoms with Gasteiger partial charge >= 0.3 is 0 Å². The number of halogens is 2. The molecule has 0 radical (unpaired) electrons. The lowest BCUT2D eigenvalue weighted by molar-refractivity contribution is -0.120. The number of amides is 1. The van der Waals surface area contributed by atoms with Gasteiger partial charge in [0.15, 0.2) is 0 Å². The molecule has 0 aliphatic heterocycles.